The molecule has 0 radical (unpaired) electrons. The summed E-state index contributed by atoms with van der Waals surface area (Å²) in [5.41, 5.74) is 3.94. The molecule has 1 aromatic carbocycles. The van der Waals surface area contributed by atoms with Crippen LogP contribution in [0.3, 0.4) is 0 Å². The van der Waals surface area contributed by atoms with Gasteiger partial charge in [0.1, 0.15) is 11.5 Å². The van der Waals surface area contributed by atoms with E-state index in [1.54, 1.807) is 0 Å². The van der Waals surface area contributed by atoms with E-state index in [9.17, 15) is 4.79 Å². The lowest BCUT2D eigenvalue weighted by Gasteiger charge is -2.03. The minimum Gasteiger partial charge on any atom is -0.466 e. The van der Waals surface area contributed by atoms with Crippen molar-refractivity contribution in [2.45, 2.75) is 34.1 Å². The predicted molar refractivity (Wildman–Crippen MR) is 72.1 cm³/mol. The minimum absolute atomic E-state index is 0.132. The highest BCUT2D eigenvalue weighted by molar-refractivity contribution is 5.99. The molecule has 18 heavy (non-hydrogen) atoms. The molecule has 1 heterocycles. The second-order valence-electron chi connectivity index (χ2n) is 4.80. The van der Waals surface area contributed by atoms with Crippen LogP contribution in [0, 0.1) is 27.7 Å². The summed E-state index contributed by atoms with van der Waals surface area (Å²) in [6.45, 7) is 7.72. The van der Waals surface area contributed by atoms with E-state index in [1.807, 2.05) is 45.9 Å². The van der Waals surface area contributed by atoms with Gasteiger partial charge in [-0.1, -0.05) is 29.8 Å². The molecule has 2 rings (SSSR count). The molecule has 0 atom stereocenters. The van der Waals surface area contributed by atoms with Crippen LogP contribution >= 0.6 is 0 Å². The maximum Gasteiger partial charge on any atom is 0.171 e. The number of carbonyl (C=O) groups is 1. The van der Waals surface area contributed by atoms with Crippen LogP contribution in [-0.2, 0) is 6.42 Å². The predicted octanol–water partition coefficient (Wildman–Crippen LogP) is 3.94. The maximum absolute atomic E-state index is 12.3. The molecular formula is C16H18O2. The van der Waals surface area contributed by atoms with Crippen LogP contribution in [0.15, 0.2) is 28.7 Å². The lowest BCUT2D eigenvalue weighted by molar-refractivity contribution is 0.0991. The highest BCUT2D eigenvalue weighted by Crippen LogP contribution is 2.22. The van der Waals surface area contributed by atoms with Crippen LogP contribution in [0.5, 0.6) is 0 Å². The second kappa shape index (κ2) is 4.81. The standard InChI is InChI=1S/C16H18O2/c1-10-6-5-7-14(8-10)9-15(17)16-11(2)12(3)18-13(16)4/h5-8H,9H2,1-4H3. The van der Waals surface area contributed by atoms with E-state index in [2.05, 4.69) is 6.07 Å². The molecule has 0 spiro atoms. The molecule has 0 saturated heterocycles. The Kier molecular flexibility index (Phi) is 3.37. The van der Waals surface area contributed by atoms with Gasteiger partial charge in [-0.15, -0.1) is 0 Å². The molecule has 2 heteroatoms. The largest absolute Gasteiger partial charge is 0.466 e. The minimum atomic E-state index is 0.132. The molecule has 0 N–H and O–H groups in total. The van der Waals surface area contributed by atoms with E-state index in [1.165, 1.54) is 5.56 Å². The maximum atomic E-state index is 12.3. The molecule has 0 aliphatic carbocycles. The first kappa shape index (κ1) is 12.6. The lowest BCUT2D eigenvalue weighted by Crippen LogP contribution is -2.05. The molecule has 0 aliphatic rings. The van der Waals surface area contributed by atoms with E-state index in [4.69, 9.17) is 4.42 Å². The van der Waals surface area contributed by atoms with Crippen molar-refractivity contribution >= 4 is 5.78 Å². The normalized spacial score (nSPS) is 10.7. The van der Waals surface area contributed by atoms with Gasteiger partial charge in [0.05, 0.1) is 5.56 Å². The molecule has 0 amide bonds. The number of carbonyl (C=O) groups excluding carboxylic acids is 1. The molecule has 1 aromatic heterocycles. The number of aryl methyl sites for hydroxylation is 3. The first-order valence-electron chi connectivity index (χ1n) is 6.14. The highest BCUT2D eigenvalue weighted by Gasteiger charge is 2.18. The molecule has 2 nitrogen and oxygen atoms in total. The third kappa shape index (κ3) is 2.37. The van der Waals surface area contributed by atoms with Gasteiger partial charge in [-0.2, -0.15) is 0 Å². The zero-order chi connectivity index (χ0) is 13.3. The first-order valence-corrected chi connectivity index (χ1v) is 6.14. The molecule has 0 saturated carbocycles. The molecule has 94 valence electrons. The van der Waals surface area contributed by atoms with Crippen molar-refractivity contribution < 1.29 is 9.21 Å². The summed E-state index contributed by atoms with van der Waals surface area (Å²) >= 11 is 0. The summed E-state index contributed by atoms with van der Waals surface area (Å²) in [6.07, 6.45) is 0.433. The third-order valence-corrected chi connectivity index (χ3v) is 3.29. The van der Waals surface area contributed by atoms with E-state index >= 15 is 0 Å². The fraction of sp³-hybridized carbons (Fsp3) is 0.312. The van der Waals surface area contributed by atoms with Gasteiger partial charge in [0.2, 0.25) is 0 Å². The van der Waals surface area contributed by atoms with Crippen LogP contribution in [-0.4, -0.2) is 5.78 Å². The molecule has 0 unspecified atom stereocenters. The third-order valence-electron chi connectivity index (χ3n) is 3.29. The van der Waals surface area contributed by atoms with Crippen molar-refractivity contribution in [1.82, 2.24) is 0 Å². The molecule has 0 aliphatic heterocycles. The summed E-state index contributed by atoms with van der Waals surface area (Å²) in [6, 6.07) is 8.06. The van der Waals surface area contributed by atoms with E-state index in [0.717, 1.165) is 28.2 Å². The first-order chi connectivity index (χ1) is 8.49. The van der Waals surface area contributed by atoms with E-state index in [0.29, 0.717) is 6.42 Å². The number of benzene rings is 1. The molecular weight excluding hydrogens is 224 g/mol. The Morgan fingerprint density at radius 3 is 2.39 bits per heavy atom. The van der Waals surface area contributed by atoms with Gasteiger partial charge in [0.25, 0.3) is 0 Å². The summed E-state index contributed by atoms with van der Waals surface area (Å²) in [7, 11) is 0. The lowest BCUT2D eigenvalue weighted by atomic mass is 9.99. The van der Waals surface area contributed by atoms with Crippen molar-refractivity contribution in [2.75, 3.05) is 0 Å². The van der Waals surface area contributed by atoms with Crippen LogP contribution < -0.4 is 0 Å². The van der Waals surface area contributed by atoms with Gasteiger partial charge in [-0.05, 0) is 33.3 Å². The summed E-state index contributed by atoms with van der Waals surface area (Å²) < 4.78 is 5.51. The van der Waals surface area contributed by atoms with Gasteiger partial charge in [-0.3, -0.25) is 4.79 Å². The fourth-order valence-electron chi connectivity index (χ4n) is 2.30. The van der Waals surface area contributed by atoms with Crippen molar-refractivity contribution in [3.8, 4) is 0 Å². The number of hydrogen-bond donors (Lipinski definition) is 0. The van der Waals surface area contributed by atoms with Crippen LogP contribution in [0.2, 0.25) is 0 Å². The monoisotopic (exact) mass is 242 g/mol. The Morgan fingerprint density at radius 1 is 1.11 bits per heavy atom. The van der Waals surface area contributed by atoms with Gasteiger partial charge < -0.3 is 4.42 Å². The van der Waals surface area contributed by atoms with Crippen molar-refractivity contribution in [2.24, 2.45) is 0 Å². The van der Waals surface area contributed by atoms with Crippen molar-refractivity contribution in [3.63, 3.8) is 0 Å². The van der Waals surface area contributed by atoms with E-state index < -0.39 is 0 Å². The average Bonchev–Trinajstić information content (AvgIpc) is 2.53. The van der Waals surface area contributed by atoms with Crippen LogP contribution in [0.4, 0.5) is 0 Å². The van der Waals surface area contributed by atoms with Gasteiger partial charge >= 0.3 is 0 Å². The van der Waals surface area contributed by atoms with Gasteiger partial charge in [0.15, 0.2) is 5.78 Å². The summed E-state index contributed by atoms with van der Waals surface area (Å²) in [4.78, 5) is 12.3. The van der Waals surface area contributed by atoms with Crippen LogP contribution in [0.25, 0.3) is 0 Å². The number of hydrogen-bond acceptors (Lipinski definition) is 2. The summed E-state index contributed by atoms with van der Waals surface area (Å²) in [5.74, 6) is 1.69. The molecule has 0 fully saturated rings. The molecule has 2 aromatic rings. The highest BCUT2D eigenvalue weighted by atomic mass is 16.3. The van der Waals surface area contributed by atoms with E-state index in [-0.39, 0.29) is 5.78 Å². The van der Waals surface area contributed by atoms with Crippen molar-refractivity contribution in [1.29, 1.82) is 0 Å². The number of Topliss-reactive ketones (excluding diaryl/α,β-unsaturated/α-hetero) is 1. The zero-order valence-corrected chi connectivity index (χ0v) is 11.3. The molecule has 0 bridgehead atoms. The Labute approximate surface area is 108 Å². The number of rotatable bonds is 3. The van der Waals surface area contributed by atoms with Gasteiger partial charge in [0, 0.05) is 12.0 Å². The Balaban J connectivity index is 2.27. The number of furan rings is 1. The Hall–Kier alpha value is -1.83. The van der Waals surface area contributed by atoms with Crippen molar-refractivity contribution in [3.05, 3.63) is 58.0 Å². The SMILES string of the molecule is Cc1cccc(CC(=O)c2c(C)oc(C)c2C)c1. The topological polar surface area (TPSA) is 30.2 Å². The van der Waals surface area contributed by atoms with Gasteiger partial charge in [-0.25, -0.2) is 0 Å². The zero-order valence-electron chi connectivity index (χ0n) is 11.3. The average molecular weight is 242 g/mol. The fourth-order valence-corrected chi connectivity index (χ4v) is 2.30. The smallest absolute Gasteiger partial charge is 0.171 e. The Bertz CT molecular complexity index is 591. The van der Waals surface area contributed by atoms with Crippen LogP contribution in [0.1, 0.15) is 38.6 Å². The Morgan fingerprint density at radius 2 is 1.83 bits per heavy atom. The number of ketones is 1. The quantitative estimate of drug-likeness (QED) is 0.763. The second-order valence-corrected chi connectivity index (χ2v) is 4.80. The summed E-state index contributed by atoms with van der Waals surface area (Å²) in [5, 5.41) is 0.